The summed E-state index contributed by atoms with van der Waals surface area (Å²) < 4.78 is 0. The molecular weight excluding hydrogens is 230 g/mol. The minimum atomic E-state index is 0.0926. The van der Waals surface area contributed by atoms with E-state index in [9.17, 15) is 9.59 Å². The van der Waals surface area contributed by atoms with Crippen molar-refractivity contribution in [3.05, 3.63) is 0 Å². The third-order valence-corrected chi connectivity index (χ3v) is 4.54. The van der Waals surface area contributed by atoms with E-state index in [4.69, 9.17) is 0 Å². The molecular formula is C13H21N3O2. The molecule has 0 aromatic carbocycles. The minimum absolute atomic E-state index is 0.0926. The number of piperidine rings is 2. The van der Waals surface area contributed by atoms with Crippen molar-refractivity contribution in [2.75, 3.05) is 13.1 Å². The standard InChI is InChI=1S/C13H21N3O2/c17-12-5-4-9-8-16(7-6-11(9)15-12)13(18)14-10-2-1-3-10/h9-11H,1-8H2,(H,14,18)(H,15,17). The number of hydrogen-bond acceptors (Lipinski definition) is 2. The second-order valence-corrected chi connectivity index (χ2v) is 5.78. The Balaban J connectivity index is 1.53. The fourth-order valence-corrected chi connectivity index (χ4v) is 3.11. The molecule has 1 aliphatic carbocycles. The van der Waals surface area contributed by atoms with Crippen LogP contribution in [0.3, 0.4) is 0 Å². The van der Waals surface area contributed by atoms with Crippen molar-refractivity contribution in [1.29, 1.82) is 0 Å². The van der Waals surface area contributed by atoms with E-state index in [1.54, 1.807) is 0 Å². The summed E-state index contributed by atoms with van der Waals surface area (Å²) in [7, 11) is 0. The monoisotopic (exact) mass is 251 g/mol. The van der Waals surface area contributed by atoms with Crippen molar-refractivity contribution in [3.8, 4) is 0 Å². The topological polar surface area (TPSA) is 61.4 Å². The van der Waals surface area contributed by atoms with E-state index in [1.165, 1.54) is 6.42 Å². The summed E-state index contributed by atoms with van der Waals surface area (Å²) in [5.74, 6) is 0.618. The Hall–Kier alpha value is -1.26. The zero-order valence-corrected chi connectivity index (χ0v) is 10.7. The number of rotatable bonds is 1. The van der Waals surface area contributed by atoms with Gasteiger partial charge < -0.3 is 15.5 Å². The molecule has 0 aromatic rings. The summed E-state index contributed by atoms with van der Waals surface area (Å²) in [5, 5.41) is 6.13. The molecule has 5 nitrogen and oxygen atoms in total. The third kappa shape index (κ3) is 2.31. The predicted octanol–water partition coefficient (Wildman–Crippen LogP) is 0.849. The molecule has 2 N–H and O–H groups in total. The molecule has 3 rings (SSSR count). The van der Waals surface area contributed by atoms with Gasteiger partial charge in [0.2, 0.25) is 5.91 Å². The number of urea groups is 1. The first-order valence-corrected chi connectivity index (χ1v) is 7.07. The molecule has 2 unspecified atom stereocenters. The molecule has 0 aromatic heterocycles. The summed E-state index contributed by atoms with van der Waals surface area (Å²) in [6.07, 6.45) is 5.92. The number of hydrogen-bond donors (Lipinski definition) is 2. The number of fused-ring (bicyclic) bond motifs is 1. The lowest BCUT2D eigenvalue weighted by molar-refractivity contribution is -0.125. The summed E-state index contributed by atoms with van der Waals surface area (Å²) >= 11 is 0. The van der Waals surface area contributed by atoms with E-state index in [0.29, 0.717) is 24.4 Å². The van der Waals surface area contributed by atoms with E-state index in [1.807, 2.05) is 4.90 Å². The zero-order valence-electron chi connectivity index (χ0n) is 10.7. The van der Waals surface area contributed by atoms with Gasteiger partial charge in [0.05, 0.1) is 0 Å². The lowest BCUT2D eigenvalue weighted by atomic mass is 9.85. The van der Waals surface area contributed by atoms with E-state index in [-0.39, 0.29) is 11.9 Å². The molecule has 2 atom stereocenters. The Bertz CT molecular complexity index is 354. The van der Waals surface area contributed by atoms with E-state index in [0.717, 1.165) is 38.8 Å². The maximum absolute atomic E-state index is 12.1. The molecule has 2 aliphatic heterocycles. The number of nitrogens with zero attached hydrogens (tertiary/aromatic N) is 1. The number of nitrogens with one attached hydrogen (secondary N) is 2. The first-order chi connectivity index (χ1) is 8.72. The van der Waals surface area contributed by atoms with Gasteiger partial charge in [-0.05, 0) is 38.0 Å². The second kappa shape index (κ2) is 4.78. The molecule has 3 amide bonds. The van der Waals surface area contributed by atoms with Crippen LogP contribution in [0.5, 0.6) is 0 Å². The Morgan fingerprint density at radius 3 is 2.83 bits per heavy atom. The summed E-state index contributed by atoms with van der Waals surface area (Å²) in [6, 6.07) is 0.787. The lowest BCUT2D eigenvalue weighted by Crippen LogP contribution is -2.57. The van der Waals surface area contributed by atoms with Gasteiger partial charge in [-0.25, -0.2) is 4.79 Å². The molecule has 18 heavy (non-hydrogen) atoms. The van der Waals surface area contributed by atoms with E-state index < -0.39 is 0 Å². The zero-order chi connectivity index (χ0) is 12.5. The SMILES string of the molecule is O=C1CCC2CN(C(=O)NC3CCC3)CCC2N1. The Kier molecular flexibility index (Phi) is 3.14. The van der Waals surface area contributed by atoms with E-state index >= 15 is 0 Å². The Labute approximate surface area is 107 Å². The molecule has 2 saturated heterocycles. The molecule has 5 heteroatoms. The van der Waals surface area contributed by atoms with Crippen molar-refractivity contribution >= 4 is 11.9 Å². The lowest BCUT2D eigenvalue weighted by Gasteiger charge is -2.42. The van der Waals surface area contributed by atoms with Crippen LogP contribution in [0, 0.1) is 5.92 Å². The van der Waals surface area contributed by atoms with Crippen molar-refractivity contribution in [2.45, 2.75) is 50.6 Å². The predicted molar refractivity (Wildman–Crippen MR) is 67.0 cm³/mol. The van der Waals surface area contributed by atoms with Crippen LogP contribution in [0.2, 0.25) is 0 Å². The average Bonchev–Trinajstić information content (AvgIpc) is 2.33. The van der Waals surface area contributed by atoms with Crippen LogP contribution in [0.25, 0.3) is 0 Å². The summed E-state index contributed by atoms with van der Waals surface area (Å²) in [5.41, 5.74) is 0. The molecule has 2 heterocycles. The second-order valence-electron chi connectivity index (χ2n) is 5.78. The van der Waals surface area contributed by atoms with Crippen LogP contribution in [-0.4, -0.2) is 42.0 Å². The highest BCUT2D eigenvalue weighted by Gasteiger charge is 2.35. The van der Waals surface area contributed by atoms with Crippen LogP contribution in [0.4, 0.5) is 4.79 Å². The molecule has 0 radical (unpaired) electrons. The molecule has 0 spiro atoms. The van der Waals surface area contributed by atoms with E-state index in [2.05, 4.69) is 10.6 Å². The van der Waals surface area contributed by atoms with Crippen LogP contribution >= 0.6 is 0 Å². The van der Waals surface area contributed by atoms with Gasteiger partial charge in [0, 0.05) is 31.6 Å². The van der Waals surface area contributed by atoms with Crippen LogP contribution in [0.15, 0.2) is 0 Å². The van der Waals surface area contributed by atoms with Crippen molar-refractivity contribution in [2.24, 2.45) is 5.92 Å². The molecule has 3 aliphatic rings. The first kappa shape index (κ1) is 11.8. The normalized spacial score (nSPS) is 32.2. The summed E-state index contributed by atoms with van der Waals surface area (Å²) in [6.45, 7) is 1.56. The highest BCUT2D eigenvalue weighted by atomic mass is 16.2. The maximum Gasteiger partial charge on any atom is 0.317 e. The van der Waals surface area contributed by atoms with Crippen LogP contribution in [-0.2, 0) is 4.79 Å². The molecule has 0 bridgehead atoms. The van der Waals surface area contributed by atoms with Gasteiger partial charge in [-0.3, -0.25) is 4.79 Å². The smallest absolute Gasteiger partial charge is 0.317 e. The Morgan fingerprint density at radius 2 is 2.11 bits per heavy atom. The van der Waals surface area contributed by atoms with Crippen molar-refractivity contribution in [3.63, 3.8) is 0 Å². The fraction of sp³-hybridized carbons (Fsp3) is 0.846. The van der Waals surface area contributed by atoms with Gasteiger partial charge in [0.15, 0.2) is 0 Å². The Morgan fingerprint density at radius 1 is 1.28 bits per heavy atom. The van der Waals surface area contributed by atoms with Gasteiger partial charge in [-0.15, -0.1) is 0 Å². The van der Waals surface area contributed by atoms with Gasteiger partial charge >= 0.3 is 6.03 Å². The largest absolute Gasteiger partial charge is 0.353 e. The maximum atomic E-state index is 12.1. The molecule has 1 saturated carbocycles. The minimum Gasteiger partial charge on any atom is -0.353 e. The van der Waals surface area contributed by atoms with Crippen molar-refractivity contribution in [1.82, 2.24) is 15.5 Å². The van der Waals surface area contributed by atoms with Crippen LogP contribution < -0.4 is 10.6 Å². The quantitative estimate of drug-likeness (QED) is 0.725. The first-order valence-electron chi connectivity index (χ1n) is 7.07. The van der Waals surface area contributed by atoms with Gasteiger partial charge in [-0.1, -0.05) is 0 Å². The summed E-state index contributed by atoms with van der Waals surface area (Å²) in [4.78, 5) is 25.3. The number of amides is 3. The average molecular weight is 251 g/mol. The van der Waals surface area contributed by atoms with Crippen LogP contribution in [0.1, 0.15) is 38.5 Å². The number of carbonyl (C=O) groups excluding carboxylic acids is 2. The highest BCUT2D eigenvalue weighted by Crippen LogP contribution is 2.26. The van der Waals surface area contributed by atoms with Gasteiger partial charge in [0.25, 0.3) is 0 Å². The highest BCUT2D eigenvalue weighted by molar-refractivity contribution is 5.77. The van der Waals surface area contributed by atoms with Gasteiger partial charge in [-0.2, -0.15) is 0 Å². The number of likely N-dealkylation sites (tertiary alicyclic amines) is 1. The van der Waals surface area contributed by atoms with Crippen molar-refractivity contribution < 1.29 is 9.59 Å². The third-order valence-electron chi connectivity index (χ3n) is 4.54. The van der Waals surface area contributed by atoms with Gasteiger partial charge in [0.1, 0.15) is 0 Å². The fourth-order valence-electron chi connectivity index (χ4n) is 3.11. The molecule has 100 valence electrons. The number of carbonyl (C=O) groups is 2. The molecule has 3 fully saturated rings.